The van der Waals surface area contributed by atoms with Crippen LogP contribution in [0.1, 0.15) is 19.8 Å². The Hall–Kier alpha value is -0.680. The van der Waals surface area contributed by atoms with Crippen molar-refractivity contribution in [3.63, 3.8) is 0 Å². The normalized spacial score (nSPS) is 21.1. The average molecular weight is 212 g/mol. The van der Waals surface area contributed by atoms with E-state index in [1.807, 2.05) is 7.05 Å². The number of rotatable bonds is 2. The van der Waals surface area contributed by atoms with Gasteiger partial charge in [0.05, 0.1) is 0 Å². The highest BCUT2D eigenvalue weighted by molar-refractivity contribution is 7.13. The van der Waals surface area contributed by atoms with Gasteiger partial charge in [0.1, 0.15) is 5.51 Å². The second kappa shape index (κ2) is 3.82. The molecule has 2 heterocycles. The summed E-state index contributed by atoms with van der Waals surface area (Å²) in [6, 6.07) is 0. The molecule has 1 fully saturated rings. The predicted molar refractivity (Wildman–Crippen MR) is 58.8 cm³/mol. The Balaban J connectivity index is 1.97. The minimum atomic E-state index is 0.307. The summed E-state index contributed by atoms with van der Waals surface area (Å²) >= 11 is 1.62. The Morgan fingerprint density at radius 1 is 1.50 bits per heavy atom. The van der Waals surface area contributed by atoms with Crippen LogP contribution in [0.25, 0.3) is 0 Å². The standard InChI is InChI=1S/C9H16N4S/c1-9(10-2)3-5-13(6-4-9)8-12-11-7-14-8/h7,10H,3-6H2,1-2H3. The fourth-order valence-corrected chi connectivity index (χ4v) is 2.36. The van der Waals surface area contributed by atoms with Crippen LogP contribution in [0.2, 0.25) is 0 Å². The number of hydrogen-bond donors (Lipinski definition) is 1. The van der Waals surface area contributed by atoms with Gasteiger partial charge in [-0.3, -0.25) is 0 Å². The van der Waals surface area contributed by atoms with Crippen molar-refractivity contribution in [1.82, 2.24) is 15.5 Å². The Morgan fingerprint density at radius 2 is 2.21 bits per heavy atom. The number of anilines is 1. The number of nitrogens with zero attached hydrogens (tertiary/aromatic N) is 3. The van der Waals surface area contributed by atoms with Crippen molar-refractivity contribution in [2.75, 3.05) is 25.0 Å². The van der Waals surface area contributed by atoms with Gasteiger partial charge in [-0.05, 0) is 26.8 Å². The molecule has 0 unspecified atom stereocenters. The number of nitrogens with one attached hydrogen (secondary N) is 1. The zero-order valence-corrected chi connectivity index (χ0v) is 9.47. The van der Waals surface area contributed by atoms with E-state index in [2.05, 4.69) is 27.3 Å². The average Bonchev–Trinajstić information content (AvgIpc) is 2.72. The first-order chi connectivity index (χ1) is 6.73. The summed E-state index contributed by atoms with van der Waals surface area (Å²) in [4.78, 5) is 2.32. The van der Waals surface area contributed by atoms with Gasteiger partial charge in [-0.2, -0.15) is 0 Å². The highest BCUT2D eigenvalue weighted by atomic mass is 32.1. The highest BCUT2D eigenvalue weighted by Crippen LogP contribution is 2.26. The van der Waals surface area contributed by atoms with Crippen molar-refractivity contribution in [3.05, 3.63) is 5.51 Å². The molecule has 4 nitrogen and oxygen atoms in total. The Bertz CT molecular complexity index is 277. The van der Waals surface area contributed by atoms with E-state index in [9.17, 15) is 0 Å². The molecule has 0 aromatic carbocycles. The van der Waals surface area contributed by atoms with E-state index in [4.69, 9.17) is 0 Å². The van der Waals surface area contributed by atoms with Gasteiger partial charge >= 0.3 is 0 Å². The molecule has 0 atom stereocenters. The number of piperidine rings is 1. The largest absolute Gasteiger partial charge is 0.347 e. The van der Waals surface area contributed by atoms with Gasteiger partial charge in [0.2, 0.25) is 5.13 Å². The Morgan fingerprint density at radius 3 is 2.71 bits per heavy atom. The third-order valence-corrected chi connectivity index (χ3v) is 3.84. The van der Waals surface area contributed by atoms with E-state index in [1.165, 1.54) is 12.8 Å². The summed E-state index contributed by atoms with van der Waals surface area (Å²) in [5.74, 6) is 0. The fourth-order valence-electron chi connectivity index (χ4n) is 1.75. The zero-order chi connectivity index (χ0) is 10.0. The molecule has 5 heteroatoms. The highest BCUT2D eigenvalue weighted by Gasteiger charge is 2.29. The SMILES string of the molecule is CNC1(C)CCN(c2nncs2)CC1. The molecule has 1 N–H and O–H groups in total. The smallest absolute Gasteiger partial charge is 0.208 e. The molecule has 1 aromatic heterocycles. The van der Waals surface area contributed by atoms with Crippen LogP contribution in [-0.4, -0.2) is 35.9 Å². The first-order valence-electron chi connectivity index (χ1n) is 4.93. The van der Waals surface area contributed by atoms with Gasteiger partial charge in [-0.1, -0.05) is 11.3 Å². The van der Waals surface area contributed by atoms with Gasteiger partial charge in [0.25, 0.3) is 0 Å². The van der Waals surface area contributed by atoms with E-state index >= 15 is 0 Å². The van der Waals surface area contributed by atoms with Crippen molar-refractivity contribution in [2.45, 2.75) is 25.3 Å². The second-order valence-electron chi connectivity index (χ2n) is 4.02. The fraction of sp³-hybridized carbons (Fsp3) is 0.778. The van der Waals surface area contributed by atoms with Crippen LogP contribution in [0.15, 0.2) is 5.51 Å². The third kappa shape index (κ3) is 1.88. The lowest BCUT2D eigenvalue weighted by Crippen LogP contribution is -2.50. The molecule has 0 spiro atoms. The number of aromatic nitrogens is 2. The van der Waals surface area contributed by atoms with E-state index in [-0.39, 0.29) is 0 Å². The Kier molecular flexibility index (Phi) is 2.69. The molecular weight excluding hydrogens is 196 g/mol. The van der Waals surface area contributed by atoms with Gasteiger partial charge in [-0.15, -0.1) is 10.2 Å². The lowest BCUT2D eigenvalue weighted by Gasteiger charge is -2.38. The van der Waals surface area contributed by atoms with Crippen molar-refractivity contribution >= 4 is 16.5 Å². The molecule has 2 rings (SSSR count). The van der Waals surface area contributed by atoms with Crippen LogP contribution in [0.3, 0.4) is 0 Å². The van der Waals surface area contributed by atoms with Gasteiger partial charge < -0.3 is 10.2 Å². The molecular formula is C9H16N4S. The van der Waals surface area contributed by atoms with Crippen molar-refractivity contribution in [3.8, 4) is 0 Å². The predicted octanol–water partition coefficient (Wildman–Crippen LogP) is 1.12. The van der Waals surface area contributed by atoms with Crippen LogP contribution in [-0.2, 0) is 0 Å². The van der Waals surface area contributed by atoms with Crippen molar-refractivity contribution in [2.24, 2.45) is 0 Å². The molecule has 1 saturated heterocycles. The minimum Gasteiger partial charge on any atom is -0.347 e. The topological polar surface area (TPSA) is 41.0 Å². The van der Waals surface area contributed by atoms with E-state index in [0.29, 0.717) is 5.54 Å². The lowest BCUT2D eigenvalue weighted by molar-refractivity contribution is 0.305. The van der Waals surface area contributed by atoms with E-state index in [1.54, 1.807) is 16.8 Å². The quantitative estimate of drug-likeness (QED) is 0.797. The van der Waals surface area contributed by atoms with Crippen LogP contribution in [0.4, 0.5) is 5.13 Å². The first kappa shape index (κ1) is 9.86. The number of hydrogen-bond acceptors (Lipinski definition) is 5. The molecule has 1 aliphatic heterocycles. The maximum Gasteiger partial charge on any atom is 0.208 e. The van der Waals surface area contributed by atoms with Crippen LogP contribution >= 0.6 is 11.3 Å². The van der Waals surface area contributed by atoms with Gasteiger partial charge in [0.15, 0.2) is 0 Å². The first-order valence-corrected chi connectivity index (χ1v) is 5.81. The molecule has 78 valence electrons. The molecule has 0 bridgehead atoms. The second-order valence-corrected chi connectivity index (χ2v) is 4.83. The molecule has 0 amide bonds. The molecule has 0 aliphatic carbocycles. The summed E-state index contributed by atoms with van der Waals surface area (Å²) in [6.07, 6.45) is 2.34. The minimum absolute atomic E-state index is 0.307. The molecule has 0 radical (unpaired) electrons. The van der Waals surface area contributed by atoms with Crippen LogP contribution < -0.4 is 10.2 Å². The zero-order valence-electron chi connectivity index (χ0n) is 8.66. The maximum absolute atomic E-state index is 4.09. The van der Waals surface area contributed by atoms with Crippen molar-refractivity contribution in [1.29, 1.82) is 0 Å². The Labute approximate surface area is 88.3 Å². The van der Waals surface area contributed by atoms with E-state index < -0.39 is 0 Å². The summed E-state index contributed by atoms with van der Waals surface area (Å²) in [6.45, 7) is 4.43. The van der Waals surface area contributed by atoms with Crippen LogP contribution in [0, 0.1) is 0 Å². The molecule has 1 aromatic rings. The van der Waals surface area contributed by atoms with Gasteiger partial charge in [0, 0.05) is 18.6 Å². The molecule has 1 aliphatic rings. The summed E-state index contributed by atoms with van der Waals surface area (Å²) in [7, 11) is 2.04. The molecule has 14 heavy (non-hydrogen) atoms. The summed E-state index contributed by atoms with van der Waals surface area (Å²) in [5, 5.41) is 12.4. The maximum atomic E-state index is 4.09. The van der Waals surface area contributed by atoms with Gasteiger partial charge in [-0.25, -0.2) is 0 Å². The van der Waals surface area contributed by atoms with E-state index in [0.717, 1.165) is 18.2 Å². The monoisotopic (exact) mass is 212 g/mol. The summed E-state index contributed by atoms with van der Waals surface area (Å²) in [5.41, 5.74) is 2.10. The van der Waals surface area contributed by atoms with Crippen LogP contribution in [0.5, 0.6) is 0 Å². The summed E-state index contributed by atoms with van der Waals surface area (Å²) < 4.78 is 0. The van der Waals surface area contributed by atoms with Crippen molar-refractivity contribution < 1.29 is 0 Å². The third-order valence-electron chi connectivity index (χ3n) is 3.09. The molecule has 0 saturated carbocycles. The lowest BCUT2D eigenvalue weighted by atomic mass is 9.90.